The van der Waals surface area contributed by atoms with Gasteiger partial charge in [-0.25, -0.2) is 0 Å². The Kier molecular flexibility index (Phi) is 7.11. The van der Waals surface area contributed by atoms with Crippen LogP contribution in [0.1, 0.15) is 17.5 Å². The van der Waals surface area contributed by atoms with Gasteiger partial charge in [0.1, 0.15) is 5.75 Å². The zero-order valence-corrected chi connectivity index (χ0v) is 19.3. The third kappa shape index (κ3) is 5.63. The van der Waals surface area contributed by atoms with Crippen molar-refractivity contribution in [2.75, 3.05) is 51.8 Å². The topological polar surface area (TPSA) is 59.8 Å². The minimum absolute atomic E-state index is 0.136. The number of anilines is 1. The molecule has 33 heavy (non-hydrogen) atoms. The predicted octanol–water partition coefficient (Wildman–Crippen LogP) is 3.89. The first-order valence-corrected chi connectivity index (χ1v) is 11.3. The lowest BCUT2D eigenvalue weighted by molar-refractivity contribution is -0.131. The van der Waals surface area contributed by atoms with E-state index in [9.17, 15) is 4.79 Å². The highest BCUT2D eigenvalue weighted by Gasteiger charge is 2.19. The van der Waals surface area contributed by atoms with E-state index >= 15 is 0 Å². The molecule has 0 saturated carbocycles. The van der Waals surface area contributed by atoms with Crippen LogP contribution in [0.25, 0.3) is 10.8 Å². The van der Waals surface area contributed by atoms with Gasteiger partial charge < -0.3 is 14.5 Å². The van der Waals surface area contributed by atoms with Crippen molar-refractivity contribution in [1.82, 2.24) is 9.80 Å². The normalized spacial score (nSPS) is 14.5. The van der Waals surface area contributed by atoms with Crippen LogP contribution < -0.4 is 9.64 Å². The van der Waals surface area contributed by atoms with Crippen LogP contribution >= 0.6 is 0 Å². The molecule has 1 heterocycles. The number of carbonyl (C=O) groups is 1. The predicted molar refractivity (Wildman–Crippen MR) is 131 cm³/mol. The monoisotopic (exact) mass is 442 g/mol. The minimum atomic E-state index is 0.136. The minimum Gasteiger partial charge on any atom is -0.497 e. The second kappa shape index (κ2) is 10.4. The molecule has 6 nitrogen and oxygen atoms in total. The lowest BCUT2D eigenvalue weighted by atomic mass is 10.1. The lowest BCUT2D eigenvalue weighted by Crippen LogP contribution is -2.40. The van der Waals surface area contributed by atoms with Gasteiger partial charge in [0.2, 0.25) is 5.91 Å². The molecule has 6 heteroatoms. The third-order valence-electron chi connectivity index (χ3n) is 6.27. The van der Waals surface area contributed by atoms with Crippen LogP contribution in [-0.2, 0) is 11.3 Å². The van der Waals surface area contributed by atoms with Gasteiger partial charge in [0.15, 0.2) is 0 Å². The maximum Gasteiger partial charge on any atom is 0.236 e. The number of methoxy groups -OCH3 is 1. The summed E-state index contributed by atoms with van der Waals surface area (Å²) in [7, 11) is 3.55. The highest BCUT2D eigenvalue weighted by atomic mass is 16.5. The SMILES string of the molecule is COc1ccc2cc(CN(C)C(=O)CN3CCCN(c4ccc(C#N)cc4)CC3)ccc2c1. The molecule has 0 spiro atoms. The summed E-state index contributed by atoms with van der Waals surface area (Å²) in [6.07, 6.45) is 1.01. The average molecular weight is 443 g/mol. The number of rotatable bonds is 6. The van der Waals surface area contributed by atoms with Crippen molar-refractivity contribution in [3.63, 3.8) is 0 Å². The number of hydrogen-bond acceptors (Lipinski definition) is 5. The fourth-order valence-corrected chi connectivity index (χ4v) is 4.31. The molecule has 1 aliphatic rings. The van der Waals surface area contributed by atoms with Crippen molar-refractivity contribution in [1.29, 1.82) is 5.26 Å². The van der Waals surface area contributed by atoms with Gasteiger partial charge in [-0.3, -0.25) is 9.69 Å². The first kappa shape index (κ1) is 22.6. The van der Waals surface area contributed by atoms with E-state index in [0.29, 0.717) is 18.7 Å². The molecule has 0 radical (unpaired) electrons. The van der Waals surface area contributed by atoms with Crippen molar-refractivity contribution < 1.29 is 9.53 Å². The number of ether oxygens (including phenoxy) is 1. The molecule has 0 aliphatic carbocycles. The number of benzene rings is 3. The summed E-state index contributed by atoms with van der Waals surface area (Å²) >= 11 is 0. The van der Waals surface area contributed by atoms with E-state index in [1.54, 1.807) is 7.11 Å². The van der Waals surface area contributed by atoms with Crippen LogP contribution in [0.4, 0.5) is 5.69 Å². The van der Waals surface area contributed by atoms with Crippen LogP contribution in [0.3, 0.4) is 0 Å². The Balaban J connectivity index is 1.32. The van der Waals surface area contributed by atoms with Gasteiger partial charge in [0.05, 0.1) is 25.3 Å². The lowest BCUT2D eigenvalue weighted by Gasteiger charge is -2.25. The van der Waals surface area contributed by atoms with Gasteiger partial charge in [0.25, 0.3) is 0 Å². The van der Waals surface area contributed by atoms with Gasteiger partial charge in [-0.1, -0.05) is 18.2 Å². The Labute approximate surface area is 195 Å². The van der Waals surface area contributed by atoms with Crippen molar-refractivity contribution in [3.05, 3.63) is 71.8 Å². The molecule has 4 rings (SSSR count). The number of hydrogen-bond donors (Lipinski definition) is 0. The second-order valence-corrected chi connectivity index (χ2v) is 8.57. The molecule has 0 atom stereocenters. The molecule has 0 N–H and O–H groups in total. The molecule has 1 saturated heterocycles. The summed E-state index contributed by atoms with van der Waals surface area (Å²) in [5.74, 6) is 0.981. The van der Waals surface area contributed by atoms with Crippen LogP contribution in [0.5, 0.6) is 5.75 Å². The molecule has 3 aromatic carbocycles. The second-order valence-electron chi connectivity index (χ2n) is 8.57. The van der Waals surface area contributed by atoms with Gasteiger partial charge in [0, 0.05) is 45.5 Å². The molecule has 0 bridgehead atoms. The van der Waals surface area contributed by atoms with E-state index in [2.05, 4.69) is 40.1 Å². The zero-order chi connectivity index (χ0) is 23.2. The van der Waals surface area contributed by atoms with E-state index in [0.717, 1.165) is 60.4 Å². The van der Waals surface area contributed by atoms with E-state index in [-0.39, 0.29) is 5.91 Å². The first-order chi connectivity index (χ1) is 16.1. The van der Waals surface area contributed by atoms with Gasteiger partial charge >= 0.3 is 0 Å². The van der Waals surface area contributed by atoms with Crippen molar-refractivity contribution >= 4 is 22.4 Å². The van der Waals surface area contributed by atoms with Crippen LogP contribution in [0, 0.1) is 11.3 Å². The summed E-state index contributed by atoms with van der Waals surface area (Å²) in [6, 6.07) is 22.2. The maximum atomic E-state index is 12.9. The number of likely N-dealkylation sites (N-methyl/N-ethyl adjacent to an activating group) is 1. The molecule has 1 aliphatic heterocycles. The molecule has 170 valence electrons. The quantitative estimate of drug-likeness (QED) is 0.580. The van der Waals surface area contributed by atoms with Gasteiger partial charge in [-0.05, 0) is 65.2 Å². The largest absolute Gasteiger partial charge is 0.497 e. The van der Waals surface area contributed by atoms with E-state index in [1.165, 1.54) is 0 Å². The van der Waals surface area contributed by atoms with Crippen LogP contribution in [0.2, 0.25) is 0 Å². The van der Waals surface area contributed by atoms with Gasteiger partial charge in [-0.2, -0.15) is 5.26 Å². The van der Waals surface area contributed by atoms with Gasteiger partial charge in [-0.15, -0.1) is 0 Å². The van der Waals surface area contributed by atoms with Crippen molar-refractivity contribution in [2.24, 2.45) is 0 Å². The zero-order valence-electron chi connectivity index (χ0n) is 19.3. The fraction of sp³-hybridized carbons (Fsp3) is 0.333. The van der Waals surface area contributed by atoms with Crippen molar-refractivity contribution in [3.8, 4) is 11.8 Å². The van der Waals surface area contributed by atoms with E-state index in [4.69, 9.17) is 10.00 Å². The summed E-state index contributed by atoms with van der Waals surface area (Å²) in [5.41, 5.74) is 2.93. The molecule has 0 unspecified atom stereocenters. The molecule has 1 amide bonds. The van der Waals surface area contributed by atoms with E-state index < -0.39 is 0 Å². The average Bonchev–Trinajstić information content (AvgIpc) is 3.09. The van der Waals surface area contributed by atoms with Crippen LogP contribution in [0.15, 0.2) is 60.7 Å². The highest BCUT2D eigenvalue weighted by Crippen LogP contribution is 2.22. The van der Waals surface area contributed by atoms with E-state index in [1.807, 2.05) is 48.3 Å². The number of nitriles is 1. The standard InChI is InChI=1S/C27H30N4O2/c1-29(19-22-4-7-24-17-26(33-2)11-8-23(24)16-22)27(32)20-30-12-3-13-31(15-14-30)25-9-5-21(18-28)6-10-25/h4-11,16-17H,3,12-15,19-20H2,1-2H3. The van der Waals surface area contributed by atoms with Crippen molar-refractivity contribution in [2.45, 2.75) is 13.0 Å². The number of fused-ring (bicyclic) bond motifs is 1. The Hall–Kier alpha value is -3.56. The summed E-state index contributed by atoms with van der Waals surface area (Å²) in [6.45, 7) is 4.60. The molecule has 3 aromatic rings. The summed E-state index contributed by atoms with van der Waals surface area (Å²) in [4.78, 5) is 19.3. The molecule has 1 fully saturated rings. The Morgan fingerprint density at radius 3 is 2.52 bits per heavy atom. The fourth-order valence-electron chi connectivity index (χ4n) is 4.31. The Morgan fingerprint density at radius 1 is 1.00 bits per heavy atom. The third-order valence-corrected chi connectivity index (χ3v) is 6.27. The Morgan fingerprint density at radius 2 is 1.76 bits per heavy atom. The maximum absolute atomic E-state index is 12.9. The smallest absolute Gasteiger partial charge is 0.236 e. The highest BCUT2D eigenvalue weighted by molar-refractivity contribution is 5.84. The number of carbonyl (C=O) groups excluding carboxylic acids is 1. The molecular formula is C27H30N4O2. The summed E-state index contributed by atoms with van der Waals surface area (Å²) < 4.78 is 5.30. The number of nitrogens with zero attached hydrogens (tertiary/aromatic N) is 4. The Bertz CT molecular complexity index is 1150. The molecule has 0 aromatic heterocycles. The van der Waals surface area contributed by atoms with Crippen LogP contribution in [-0.4, -0.2) is 62.6 Å². The first-order valence-electron chi connectivity index (χ1n) is 11.3. The number of amides is 1. The summed E-state index contributed by atoms with van der Waals surface area (Å²) in [5, 5.41) is 11.3. The molecular weight excluding hydrogens is 412 g/mol.